The van der Waals surface area contributed by atoms with Crippen molar-refractivity contribution >= 4 is 50.3 Å². The number of rotatable bonds is 2. The summed E-state index contributed by atoms with van der Waals surface area (Å²) in [7, 11) is 0. The maximum Gasteiger partial charge on any atom is 0.0196 e. The Hall–Kier alpha value is 0.780. The molecule has 0 aromatic heterocycles. The van der Waals surface area contributed by atoms with Crippen molar-refractivity contribution in [1.82, 2.24) is 0 Å². The van der Waals surface area contributed by atoms with Crippen LogP contribution in [0.5, 0.6) is 0 Å². The highest BCUT2D eigenvalue weighted by atomic mass is 127. The minimum Gasteiger partial charge on any atom is -0.126 e. The molecule has 0 spiro atoms. The summed E-state index contributed by atoms with van der Waals surface area (Å²) in [5, 5.41) is 0. The summed E-state index contributed by atoms with van der Waals surface area (Å²) in [6, 6.07) is 6.45. The lowest BCUT2D eigenvalue weighted by atomic mass is 10.4. The van der Waals surface area contributed by atoms with Crippen LogP contribution in [0.1, 0.15) is 6.92 Å². The van der Waals surface area contributed by atoms with Gasteiger partial charge in [0.1, 0.15) is 0 Å². The van der Waals surface area contributed by atoms with Crippen LogP contribution in [0.15, 0.2) is 27.6 Å². The van der Waals surface area contributed by atoms with E-state index in [1.807, 2.05) is 11.8 Å². The molecular weight excluding hydrogens is 335 g/mol. The lowest BCUT2D eigenvalue weighted by molar-refractivity contribution is 1.39. The lowest BCUT2D eigenvalue weighted by Crippen LogP contribution is -1.76. The van der Waals surface area contributed by atoms with Gasteiger partial charge in [-0.3, -0.25) is 0 Å². The fraction of sp³-hybridized carbons (Fsp3) is 0.250. The second kappa shape index (κ2) is 4.72. The highest BCUT2D eigenvalue weighted by molar-refractivity contribution is 14.1. The van der Waals surface area contributed by atoms with E-state index in [1.165, 1.54) is 12.9 Å². The largest absolute Gasteiger partial charge is 0.126 e. The Morgan fingerprint density at radius 3 is 2.73 bits per heavy atom. The van der Waals surface area contributed by atoms with Crippen molar-refractivity contribution < 1.29 is 0 Å². The monoisotopic (exact) mass is 342 g/mol. The molecule has 0 saturated heterocycles. The molecule has 0 unspecified atom stereocenters. The standard InChI is InChI=1S/C8H8BrIS/c1-2-11-8-4-6(9)3-7(10)5-8/h3-5H,2H2,1H3. The van der Waals surface area contributed by atoms with Gasteiger partial charge in [0.25, 0.3) is 0 Å². The van der Waals surface area contributed by atoms with Crippen LogP contribution in [0.25, 0.3) is 0 Å². The van der Waals surface area contributed by atoms with Crippen LogP contribution >= 0.6 is 50.3 Å². The Bertz CT molecular complexity index is 230. The van der Waals surface area contributed by atoms with Crippen LogP contribution in [0, 0.1) is 3.57 Å². The first-order valence-electron chi connectivity index (χ1n) is 3.31. The molecule has 0 N–H and O–H groups in total. The van der Waals surface area contributed by atoms with E-state index >= 15 is 0 Å². The van der Waals surface area contributed by atoms with Crippen molar-refractivity contribution in [3.63, 3.8) is 0 Å². The topological polar surface area (TPSA) is 0 Å². The van der Waals surface area contributed by atoms with Gasteiger partial charge in [-0.2, -0.15) is 0 Å². The van der Waals surface area contributed by atoms with Gasteiger partial charge >= 0.3 is 0 Å². The maximum absolute atomic E-state index is 3.46. The lowest BCUT2D eigenvalue weighted by Gasteiger charge is -1.99. The summed E-state index contributed by atoms with van der Waals surface area (Å²) in [5.74, 6) is 1.13. The van der Waals surface area contributed by atoms with Crippen molar-refractivity contribution in [2.75, 3.05) is 5.75 Å². The van der Waals surface area contributed by atoms with Crippen LogP contribution in [-0.2, 0) is 0 Å². The van der Waals surface area contributed by atoms with Crippen molar-refractivity contribution in [3.8, 4) is 0 Å². The van der Waals surface area contributed by atoms with E-state index in [2.05, 4.69) is 63.6 Å². The fourth-order valence-corrected chi connectivity index (χ4v) is 3.49. The molecule has 1 rings (SSSR count). The summed E-state index contributed by atoms with van der Waals surface area (Å²) in [5.41, 5.74) is 0. The van der Waals surface area contributed by atoms with Crippen molar-refractivity contribution in [2.45, 2.75) is 11.8 Å². The van der Waals surface area contributed by atoms with Gasteiger partial charge in [0, 0.05) is 12.9 Å². The van der Waals surface area contributed by atoms with Crippen molar-refractivity contribution in [3.05, 3.63) is 26.2 Å². The molecule has 0 nitrogen and oxygen atoms in total. The molecule has 11 heavy (non-hydrogen) atoms. The molecule has 0 atom stereocenters. The zero-order valence-electron chi connectivity index (χ0n) is 6.10. The van der Waals surface area contributed by atoms with Gasteiger partial charge in [-0.25, -0.2) is 0 Å². The Morgan fingerprint density at radius 2 is 2.18 bits per heavy atom. The SMILES string of the molecule is CCSc1cc(Br)cc(I)c1. The van der Waals surface area contributed by atoms with E-state index in [1.54, 1.807) is 0 Å². The van der Waals surface area contributed by atoms with E-state index in [4.69, 9.17) is 0 Å². The van der Waals surface area contributed by atoms with Gasteiger partial charge in [0.15, 0.2) is 0 Å². The van der Waals surface area contributed by atoms with Gasteiger partial charge in [0.2, 0.25) is 0 Å². The maximum atomic E-state index is 3.46. The third-order valence-electron chi connectivity index (χ3n) is 1.15. The quantitative estimate of drug-likeness (QED) is 0.574. The predicted octanol–water partition coefficient (Wildman–Crippen LogP) is 4.17. The van der Waals surface area contributed by atoms with Gasteiger partial charge in [0.05, 0.1) is 0 Å². The molecule has 0 aliphatic heterocycles. The summed E-state index contributed by atoms with van der Waals surface area (Å²) >= 11 is 7.66. The Labute approximate surface area is 93.4 Å². The predicted molar refractivity (Wildman–Crippen MR) is 63.3 cm³/mol. The van der Waals surface area contributed by atoms with Crippen LogP contribution < -0.4 is 0 Å². The zero-order valence-corrected chi connectivity index (χ0v) is 10.7. The second-order valence-electron chi connectivity index (χ2n) is 2.04. The molecule has 1 aromatic rings. The number of hydrogen-bond acceptors (Lipinski definition) is 1. The molecular formula is C8H8BrIS. The van der Waals surface area contributed by atoms with Gasteiger partial charge in [-0.15, -0.1) is 11.8 Å². The van der Waals surface area contributed by atoms with Gasteiger partial charge in [-0.1, -0.05) is 22.9 Å². The molecule has 0 aliphatic carbocycles. The van der Waals surface area contributed by atoms with Crippen LogP contribution in [-0.4, -0.2) is 5.75 Å². The van der Waals surface area contributed by atoms with Crippen LogP contribution in [0.2, 0.25) is 0 Å². The molecule has 60 valence electrons. The van der Waals surface area contributed by atoms with Gasteiger partial charge in [-0.05, 0) is 46.5 Å². The molecule has 1 aromatic carbocycles. The Kier molecular flexibility index (Phi) is 4.23. The molecule has 0 heterocycles. The molecule has 0 radical (unpaired) electrons. The first-order valence-corrected chi connectivity index (χ1v) is 6.17. The summed E-state index contributed by atoms with van der Waals surface area (Å²) in [6.07, 6.45) is 0. The second-order valence-corrected chi connectivity index (χ2v) is 5.54. The Morgan fingerprint density at radius 1 is 1.45 bits per heavy atom. The average molecular weight is 343 g/mol. The number of halogens is 2. The number of thioether (sulfide) groups is 1. The number of benzene rings is 1. The van der Waals surface area contributed by atoms with Crippen molar-refractivity contribution in [1.29, 1.82) is 0 Å². The summed E-state index contributed by atoms with van der Waals surface area (Å²) in [6.45, 7) is 2.17. The molecule has 0 aliphatic rings. The third-order valence-corrected chi connectivity index (χ3v) is 3.09. The van der Waals surface area contributed by atoms with Crippen LogP contribution in [0.4, 0.5) is 0 Å². The average Bonchev–Trinajstić information content (AvgIpc) is 1.85. The molecule has 0 bridgehead atoms. The Balaban J connectivity index is 2.89. The normalized spacial score (nSPS) is 10.1. The van der Waals surface area contributed by atoms with E-state index in [-0.39, 0.29) is 0 Å². The number of hydrogen-bond donors (Lipinski definition) is 0. The highest BCUT2D eigenvalue weighted by Crippen LogP contribution is 2.24. The first kappa shape index (κ1) is 9.86. The molecule has 0 amide bonds. The van der Waals surface area contributed by atoms with Crippen molar-refractivity contribution in [2.24, 2.45) is 0 Å². The first-order chi connectivity index (χ1) is 5.22. The summed E-state index contributed by atoms with van der Waals surface area (Å²) in [4.78, 5) is 1.34. The van der Waals surface area contributed by atoms with Gasteiger partial charge < -0.3 is 0 Å². The van der Waals surface area contributed by atoms with Crippen LogP contribution in [0.3, 0.4) is 0 Å². The smallest absolute Gasteiger partial charge is 0.0196 e. The summed E-state index contributed by atoms with van der Waals surface area (Å²) < 4.78 is 2.45. The fourth-order valence-electron chi connectivity index (χ4n) is 0.779. The van der Waals surface area contributed by atoms with E-state index in [9.17, 15) is 0 Å². The molecule has 0 saturated carbocycles. The van der Waals surface area contributed by atoms with E-state index in [0.717, 1.165) is 5.75 Å². The molecule has 0 fully saturated rings. The minimum atomic E-state index is 1.13. The molecule has 3 heteroatoms. The zero-order chi connectivity index (χ0) is 8.27. The third kappa shape index (κ3) is 3.34. The van der Waals surface area contributed by atoms with E-state index in [0.29, 0.717) is 0 Å². The minimum absolute atomic E-state index is 1.13. The van der Waals surface area contributed by atoms with E-state index < -0.39 is 0 Å². The highest BCUT2D eigenvalue weighted by Gasteiger charge is 1.95.